The van der Waals surface area contributed by atoms with Crippen LogP contribution >= 0.6 is 0 Å². The van der Waals surface area contributed by atoms with Crippen LogP contribution in [0.4, 0.5) is 10.1 Å². The molecule has 0 heterocycles. The molecule has 0 bridgehead atoms. The maximum Gasteiger partial charge on any atom is 0.253 e. The molecule has 3 nitrogen and oxygen atoms in total. The average molecular weight is 286 g/mol. The fourth-order valence-electron chi connectivity index (χ4n) is 1.94. The number of nitrogens with one attached hydrogen (secondary N) is 1. The lowest BCUT2D eigenvalue weighted by Gasteiger charge is -2.11. The molecule has 0 fully saturated rings. The minimum atomic E-state index is -0.193. The smallest absolute Gasteiger partial charge is 0.253 e. The summed E-state index contributed by atoms with van der Waals surface area (Å²) >= 11 is 0. The largest absolute Gasteiger partial charge is 0.381 e. The Kier molecular flexibility index (Phi) is 4.58. The van der Waals surface area contributed by atoms with Crippen LogP contribution < -0.4 is 5.32 Å². The van der Waals surface area contributed by atoms with Crippen molar-refractivity contribution < 1.29 is 9.18 Å². The second-order valence-electron chi connectivity index (χ2n) is 5.21. The number of carbonyl (C=O) groups excluding carboxylic acids is 1. The van der Waals surface area contributed by atoms with Crippen molar-refractivity contribution in [2.45, 2.75) is 13.5 Å². The van der Waals surface area contributed by atoms with E-state index in [0.29, 0.717) is 17.7 Å². The molecule has 0 aliphatic rings. The van der Waals surface area contributed by atoms with Gasteiger partial charge in [-0.15, -0.1) is 0 Å². The maximum atomic E-state index is 13.5. The highest BCUT2D eigenvalue weighted by Crippen LogP contribution is 2.14. The number of anilines is 1. The molecule has 4 heteroatoms. The molecule has 1 amide bonds. The monoisotopic (exact) mass is 286 g/mol. The van der Waals surface area contributed by atoms with E-state index >= 15 is 0 Å². The number of amides is 1. The number of carbonyl (C=O) groups is 1. The van der Waals surface area contributed by atoms with Crippen LogP contribution in [-0.4, -0.2) is 24.9 Å². The van der Waals surface area contributed by atoms with Crippen LogP contribution in [0.2, 0.25) is 0 Å². The van der Waals surface area contributed by atoms with Gasteiger partial charge in [0.1, 0.15) is 5.82 Å². The number of halogens is 1. The van der Waals surface area contributed by atoms with Gasteiger partial charge in [0, 0.05) is 31.9 Å². The van der Waals surface area contributed by atoms with Gasteiger partial charge in [-0.3, -0.25) is 4.79 Å². The highest BCUT2D eigenvalue weighted by atomic mass is 19.1. The summed E-state index contributed by atoms with van der Waals surface area (Å²) in [6.45, 7) is 2.28. The van der Waals surface area contributed by atoms with E-state index in [2.05, 4.69) is 5.32 Å². The van der Waals surface area contributed by atoms with Crippen LogP contribution in [0.5, 0.6) is 0 Å². The van der Waals surface area contributed by atoms with Gasteiger partial charge in [-0.25, -0.2) is 4.39 Å². The quantitative estimate of drug-likeness (QED) is 0.933. The molecule has 0 spiro atoms. The van der Waals surface area contributed by atoms with Gasteiger partial charge in [-0.1, -0.05) is 12.1 Å². The van der Waals surface area contributed by atoms with Crippen molar-refractivity contribution in [3.63, 3.8) is 0 Å². The van der Waals surface area contributed by atoms with E-state index < -0.39 is 0 Å². The minimum Gasteiger partial charge on any atom is -0.381 e. The molecule has 0 aliphatic carbocycles. The van der Waals surface area contributed by atoms with Crippen LogP contribution in [0.15, 0.2) is 42.5 Å². The molecule has 2 aromatic rings. The second-order valence-corrected chi connectivity index (χ2v) is 5.21. The number of hydrogen-bond acceptors (Lipinski definition) is 2. The van der Waals surface area contributed by atoms with Crippen molar-refractivity contribution in [3.05, 3.63) is 65.0 Å². The predicted molar refractivity (Wildman–Crippen MR) is 82.9 cm³/mol. The molecule has 2 rings (SSSR count). The minimum absolute atomic E-state index is 0.0258. The third-order valence-corrected chi connectivity index (χ3v) is 3.27. The van der Waals surface area contributed by atoms with Gasteiger partial charge in [-0.05, 0) is 48.4 Å². The zero-order valence-electron chi connectivity index (χ0n) is 12.5. The lowest BCUT2D eigenvalue weighted by molar-refractivity contribution is 0.0827. The third-order valence-electron chi connectivity index (χ3n) is 3.27. The molecule has 0 unspecified atom stereocenters. The van der Waals surface area contributed by atoms with Gasteiger partial charge in [0.05, 0.1) is 0 Å². The molecule has 0 saturated carbocycles. The van der Waals surface area contributed by atoms with Crippen LogP contribution in [0.1, 0.15) is 21.5 Å². The Balaban J connectivity index is 2.00. The van der Waals surface area contributed by atoms with Crippen molar-refractivity contribution in [2.75, 3.05) is 19.4 Å². The molecule has 0 aromatic heterocycles. The number of hydrogen-bond donors (Lipinski definition) is 1. The summed E-state index contributed by atoms with van der Waals surface area (Å²) in [5.41, 5.74) is 3.06. The Bertz CT molecular complexity index is 636. The number of aryl methyl sites for hydroxylation is 1. The first-order valence-corrected chi connectivity index (χ1v) is 6.78. The molecule has 0 aliphatic heterocycles. The second kappa shape index (κ2) is 6.39. The zero-order valence-corrected chi connectivity index (χ0v) is 12.5. The summed E-state index contributed by atoms with van der Waals surface area (Å²) in [5.74, 6) is -0.219. The van der Waals surface area contributed by atoms with Crippen molar-refractivity contribution in [1.82, 2.24) is 4.90 Å². The molecular formula is C17H19FN2O. The van der Waals surface area contributed by atoms with Gasteiger partial charge in [-0.2, -0.15) is 0 Å². The Labute approximate surface area is 124 Å². The zero-order chi connectivity index (χ0) is 15.4. The number of rotatable bonds is 4. The Hall–Kier alpha value is -2.36. The van der Waals surface area contributed by atoms with Gasteiger partial charge in [0.15, 0.2) is 0 Å². The van der Waals surface area contributed by atoms with E-state index in [1.165, 1.54) is 11.0 Å². The molecule has 1 N–H and O–H groups in total. The number of benzene rings is 2. The summed E-state index contributed by atoms with van der Waals surface area (Å²) in [7, 11) is 3.45. The van der Waals surface area contributed by atoms with Gasteiger partial charge < -0.3 is 10.2 Å². The Morgan fingerprint density at radius 1 is 1.14 bits per heavy atom. The van der Waals surface area contributed by atoms with Crippen molar-refractivity contribution in [1.29, 1.82) is 0 Å². The van der Waals surface area contributed by atoms with Crippen LogP contribution in [0, 0.1) is 12.7 Å². The van der Waals surface area contributed by atoms with E-state index in [1.54, 1.807) is 39.2 Å². The summed E-state index contributed by atoms with van der Waals surface area (Å²) in [6, 6.07) is 12.5. The van der Waals surface area contributed by atoms with E-state index in [-0.39, 0.29) is 11.7 Å². The Morgan fingerprint density at radius 2 is 1.81 bits per heavy atom. The maximum absolute atomic E-state index is 13.5. The molecule has 21 heavy (non-hydrogen) atoms. The average Bonchev–Trinajstić information content (AvgIpc) is 2.48. The first-order valence-electron chi connectivity index (χ1n) is 6.78. The van der Waals surface area contributed by atoms with Gasteiger partial charge >= 0.3 is 0 Å². The van der Waals surface area contributed by atoms with Gasteiger partial charge in [0.2, 0.25) is 0 Å². The summed E-state index contributed by atoms with van der Waals surface area (Å²) < 4.78 is 13.5. The molecule has 110 valence electrons. The van der Waals surface area contributed by atoms with E-state index in [0.717, 1.165) is 11.3 Å². The summed E-state index contributed by atoms with van der Waals surface area (Å²) in [4.78, 5) is 13.3. The van der Waals surface area contributed by atoms with E-state index in [9.17, 15) is 9.18 Å². The molecule has 0 radical (unpaired) electrons. The summed E-state index contributed by atoms with van der Waals surface area (Å²) in [6.07, 6.45) is 0. The third kappa shape index (κ3) is 3.81. The van der Waals surface area contributed by atoms with Crippen molar-refractivity contribution in [2.24, 2.45) is 0 Å². The standard InChI is InChI=1S/C17H19FN2O/c1-12-4-5-13(10-16(12)18)11-19-15-8-6-14(7-9-15)17(21)20(2)3/h4-10,19H,11H2,1-3H3. The van der Waals surface area contributed by atoms with Gasteiger partial charge in [0.25, 0.3) is 5.91 Å². The number of nitrogens with zero attached hydrogens (tertiary/aromatic N) is 1. The topological polar surface area (TPSA) is 32.3 Å². The first-order chi connectivity index (χ1) is 9.97. The van der Waals surface area contributed by atoms with E-state index in [4.69, 9.17) is 0 Å². The fourth-order valence-corrected chi connectivity index (χ4v) is 1.94. The van der Waals surface area contributed by atoms with Crippen LogP contribution in [-0.2, 0) is 6.54 Å². The van der Waals surface area contributed by atoms with Crippen LogP contribution in [0.3, 0.4) is 0 Å². The fraction of sp³-hybridized carbons (Fsp3) is 0.235. The lowest BCUT2D eigenvalue weighted by Crippen LogP contribution is -2.21. The highest BCUT2D eigenvalue weighted by molar-refractivity contribution is 5.94. The first kappa shape index (κ1) is 15.0. The van der Waals surface area contributed by atoms with Crippen LogP contribution in [0.25, 0.3) is 0 Å². The van der Waals surface area contributed by atoms with Crippen molar-refractivity contribution in [3.8, 4) is 0 Å². The molecule has 0 saturated heterocycles. The summed E-state index contributed by atoms with van der Waals surface area (Å²) in [5, 5.41) is 3.21. The van der Waals surface area contributed by atoms with Crippen molar-refractivity contribution >= 4 is 11.6 Å². The molecular weight excluding hydrogens is 267 g/mol. The normalized spacial score (nSPS) is 10.3. The van der Waals surface area contributed by atoms with E-state index in [1.807, 2.05) is 18.2 Å². The predicted octanol–water partition coefficient (Wildman–Crippen LogP) is 3.45. The lowest BCUT2D eigenvalue weighted by atomic mass is 10.1. The Morgan fingerprint density at radius 3 is 2.38 bits per heavy atom. The SMILES string of the molecule is Cc1ccc(CNc2ccc(C(=O)N(C)C)cc2)cc1F. The highest BCUT2D eigenvalue weighted by Gasteiger charge is 2.07. The molecule has 0 atom stereocenters. The molecule has 2 aromatic carbocycles.